The molecule has 7 aliphatic rings. The maximum atomic E-state index is 14.1. The molecule has 1 aliphatic carbocycles. The zero-order chi connectivity index (χ0) is 68.4. The van der Waals surface area contributed by atoms with Gasteiger partial charge in [0, 0.05) is 6.54 Å². The monoisotopic (exact) mass is 1310 g/mol. The Kier molecular flexibility index (Phi) is 20.5. The third kappa shape index (κ3) is 17.3. The van der Waals surface area contributed by atoms with E-state index in [0.29, 0.717) is 0 Å². The number of nitrogens with zero attached hydrogens (tertiary/aromatic N) is 3. The SMILES string of the molecule is CC(C)(C)OC(=O)NC[C@H]1O[C@H](O[C@H]2[C@H](O[C@@H]3O[C@H](CN4C(=O)c5ccccc5C4=O)[C@@H](O[C@H]4O[C@H]5CN(C(=O)OC(C)(C)C)[C@H]5[C@@H]5[C@H]4N5C(=O)OC(C)(C)C)[C@H]3O)[C@@H](O)[C@H](NC(=O)OC(C)(C)C)C[C@@H]2NC(=O)OC(C)(C)C)[C@H](NC(=O)OC(C)(C)C)[C@@H](O)[C@@H]1O. The molecule has 8 rings (SSSR count). The van der Waals surface area contributed by atoms with Crippen molar-refractivity contribution in [3.8, 4) is 0 Å². The Morgan fingerprint density at radius 2 is 0.957 bits per heavy atom. The second-order valence-corrected chi connectivity index (χ2v) is 29.9. The molecule has 0 spiro atoms. The molecular weight excluding hydrogens is 1210 g/mol. The fourth-order valence-electron chi connectivity index (χ4n) is 11.6. The van der Waals surface area contributed by atoms with Crippen molar-refractivity contribution in [3.05, 3.63) is 35.4 Å². The van der Waals surface area contributed by atoms with Crippen LogP contribution in [-0.2, 0) is 56.8 Å². The van der Waals surface area contributed by atoms with E-state index in [-0.39, 0.29) is 17.7 Å². The van der Waals surface area contributed by atoms with Crippen LogP contribution in [0.5, 0.6) is 0 Å². The lowest BCUT2D eigenvalue weighted by Crippen LogP contribution is -2.70. The van der Waals surface area contributed by atoms with Crippen molar-refractivity contribution < 1.29 is 116 Å². The summed E-state index contributed by atoms with van der Waals surface area (Å²) >= 11 is 0. The summed E-state index contributed by atoms with van der Waals surface area (Å²) in [5, 5.41) is 59.5. The molecule has 5 saturated heterocycles. The molecule has 31 nitrogen and oxygen atoms in total. The summed E-state index contributed by atoms with van der Waals surface area (Å²) in [5.74, 6) is -1.45. The lowest BCUT2D eigenvalue weighted by molar-refractivity contribution is -0.310. The highest BCUT2D eigenvalue weighted by Crippen LogP contribution is 2.50. The van der Waals surface area contributed by atoms with Crippen LogP contribution in [0.25, 0.3) is 0 Å². The number of alkyl carbamates (subject to hydrolysis) is 4. The van der Waals surface area contributed by atoms with Gasteiger partial charge in [0.05, 0.1) is 48.4 Å². The van der Waals surface area contributed by atoms with Crippen LogP contribution in [0.2, 0.25) is 0 Å². The summed E-state index contributed by atoms with van der Waals surface area (Å²) in [4.78, 5) is 114. The molecule has 19 atom stereocenters. The fourth-order valence-corrected chi connectivity index (χ4v) is 11.6. The molecule has 0 radical (unpaired) electrons. The number of nitrogens with one attached hydrogen (secondary N) is 4. The molecule has 0 aromatic heterocycles. The van der Waals surface area contributed by atoms with E-state index in [1.165, 1.54) is 21.9 Å². The predicted octanol–water partition coefficient (Wildman–Crippen LogP) is 3.27. The van der Waals surface area contributed by atoms with Crippen LogP contribution >= 0.6 is 0 Å². The molecule has 6 heterocycles. The Morgan fingerprint density at radius 1 is 0.489 bits per heavy atom. The number of fused-ring (bicyclic) bond motifs is 4. The van der Waals surface area contributed by atoms with E-state index < -0.39 is 218 Å². The topological polar surface area (TPSA) is 386 Å². The van der Waals surface area contributed by atoms with Gasteiger partial charge in [0.25, 0.3) is 11.8 Å². The van der Waals surface area contributed by atoms with Crippen LogP contribution in [0.3, 0.4) is 0 Å². The number of aliphatic hydroxyl groups excluding tert-OH is 4. The molecule has 0 unspecified atom stereocenters. The summed E-state index contributed by atoms with van der Waals surface area (Å²) in [6.07, 6.45) is -28.6. The van der Waals surface area contributed by atoms with Gasteiger partial charge in [0.2, 0.25) is 0 Å². The number of ether oxygens (including phenoxy) is 12. The van der Waals surface area contributed by atoms with Crippen molar-refractivity contribution in [2.75, 3.05) is 19.6 Å². The first-order chi connectivity index (χ1) is 42.3. The summed E-state index contributed by atoms with van der Waals surface area (Å²) in [6, 6.07) is -1.16. The first-order valence-corrected chi connectivity index (χ1v) is 30.8. The second kappa shape index (κ2) is 26.4. The highest BCUT2D eigenvalue weighted by molar-refractivity contribution is 6.21. The van der Waals surface area contributed by atoms with Crippen LogP contribution in [-0.4, -0.2) is 253 Å². The smallest absolute Gasteiger partial charge is 0.411 e. The van der Waals surface area contributed by atoms with Gasteiger partial charge in [-0.3, -0.25) is 24.3 Å². The molecule has 516 valence electrons. The number of rotatable bonds is 13. The lowest BCUT2D eigenvalue weighted by Gasteiger charge is -2.50. The Hall–Kier alpha value is -6.42. The van der Waals surface area contributed by atoms with Crippen molar-refractivity contribution in [1.29, 1.82) is 0 Å². The van der Waals surface area contributed by atoms with Crippen molar-refractivity contribution in [1.82, 2.24) is 36.0 Å². The van der Waals surface area contributed by atoms with E-state index in [1.807, 2.05) is 0 Å². The van der Waals surface area contributed by atoms with Crippen LogP contribution in [0, 0.1) is 0 Å². The highest BCUT2D eigenvalue weighted by atomic mass is 16.8. The molecule has 92 heavy (non-hydrogen) atoms. The van der Waals surface area contributed by atoms with Crippen molar-refractivity contribution in [2.45, 2.75) is 281 Å². The van der Waals surface area contributed by atoms with Crippen LogP contribution in [0.15, 0.2) is 24.3 Å². The number of likely N-dealkylation sites (tertiary alicyclic amines) is 1. The maximum absolute atomic E-state index is 14.1. The average Bonchev–Trinajstić information content (AvgIpc) is 1.52. The van der Waals surface area contributed by atoms with E-state index in [9.17, 15) is 58.8 Å². The summed E-state index contributed by atoms with van der Waals surface area (Å²) in [5.41, 5.74) is -6.03. The van der Waals surface area contributed by atoms with Crippen LogP contribution < -0.4 is 21.3 Å². The molecule has 1 aromatic carbocycles. The molecule has 8 amide bonds. The predicted molar refractivity (Wildman–Crippen MR) is 317 cm³/mol. The summed E-state index contributed by atoms with van der Waals surface area (Å²) in [7, 11) is 0. The molecule has 31 heteroatoms. The number of aliphatic hydroxyl groups is 4. The Morgan fingerprint density at radius 3 is 1.49 bits per heavy atom. The van der Waals surface area contributed by atoms with E-state index in [2.05, 4.69) is 21.3 Å². The quantitative estimate of drug-likeness (QED) is 0.0798. The zero-order valence-electron chi connectivity index (χ0n) is 55.4. The molecule has 8 N–H and O–H groups in total. The van der Waals surface area contributed by atoms with E-state index in [4.69, 9.17) is 56.8 Å². The van der Waals surface area contributed by atoms with Crippen molar-refractivity contribution in [3.63, 3.8) is 0 Å². The Labute approximate surface area is 534 Å². The Balaban J connectivity index is 1.19. The van der Waals surface area contributed by atoms with Gasteiger partial charge in [-0.25, -0.2) is 28.8 Å². The number of benzene rings is 1. The molecule has 0 bridgehead atoms. The molecule has 6 aliphatic heterocycles. The van der Waals surface area contributed by atoms with Crippen LogP contribution in [0.4, 0.5) is 28.8 Å². The van der Waals surface area contributed by atoms with E-state index in [0.717, 1.165) is 4.90 Å². The second-order valence-electron chi connectivity index (χ2n) is 29.9. The normalized spacial score (nSPS) is 33.0. The molecule has 6 fully saturated rings. The zero-order valence-corrected chi connectivity index (χ0v) is 55.4. The van der Waals surface area contributed by atoms with E-state index in [1.54, 1.807) is 137 Å². The van der Waals surface area contributed by atoms with Gasteiger partial charge in [-0.2, -0.15) is 0 Å². The number of imide groups is 1. The van der Waals surface area contributed by atoms with Gasteiger partial charge in [0.15, 0.2) is 18.9 Å². The fraction of sp³-hybridized carbons (Fsp3) is 0.770. The first-order valence-electron chi connectivity index (χ1n) is 30.8. The van der Waals surface area contributed by atoms with Crippen molar-refractivity contribution in [2.24, 2.45) is 0 Å². The standard InChI is InChI=1S/C61H93N7O24/c1-56(2,3)87-50(75)62-24-31-39(70)40(71)34(65-53(78)90-59(10,11)12)47(81-31)84-42-30(64-52(77)89-58(7,8)9)23-29(63-51(76)88-57(4,5)6)38(69)44(42)86-49-41(72)43(33(83-49)26-67-45(73)27-21-19-20-22-28(27)46(67)74)85-48-37-36(68(37)55(80)92-61(16,17)18)35-32(82-48)25-66(35)54(79)91-60(13,14)15/h19-22,29-44,47-49,69-72H,23-26H2,1-18H3,(H,62,75)(H,63,76)(H,64,77)(H,65,78)/t29-,30+,31-,32+,33-,34-,35-,36-,37-,38+,39-,40-,41-,42-,43-,44-,47-,48-,49+,68?/m1/s1. The lowest BCUT2D eigenvalue weighted by atomic mass is 9.83. The number of hydrogen-bond acceptors (Lipinski definition) is 24. The number of hydrogen-bond donors (Lipinski definition) is 8. The van der Waals surface area contributed by atoms with Gasteiger partial charge >= 0.3 is 36.6 Å². The molecule has 1 aromatic rings. The minimum atomic E-state index is -2.01. The van der Waals surface area contributed by atoms with Gasteiger partial charge < -0.3 is 98.5 Å². The highest BCUT2D eigenvalue weighted by Gasteiger charge is 2.72. The summed E-state index contributed by atoms with van der Waals surface area (Å²) in [6.45, 7) is 28.0. The molecular formula is C61H93N7O24. The minimum Gasteiger partial charge on any atom is -0.444 e. The number of amides is 8. The number of carbonyl (C=O) groups is 8. The first kappa shape index (κ1) is 71.4. The van der Waals surface area contributed by atoms with Gasteiger partial charge in [-0.15, -0.1) is 0 Å². The minimum absolute atomic E-state index is 0.00740. The van der Waals surface area contributed by atoms with Gasteiger partial charge in [-0.05, 0) is 143 Å². The largest absolute Gasteiger partial charge is 0.444 e. The third-order valence-electron chi connectivity index (χ3n) is 15.2. The van der Waals surface area contributed by atoms with Crippen molar-refractivity contribution >= 4 is 48.4 Å². The van der Waals surface area contributed by atoms with Gasteiger partial charge in [-0.1, -0.05) is 12.1 Å². The average molecular weight is 1310 g/mol. The molecule has 1 saturated carbocycles. The van der Waals surface area contributed by atoms with Gasteiger partial charge in [0.1, 0.15) is 107 Å². The third-order valence-corrected chi connectivity index (χ3v) is 15.2. The number of carbonyl (C=O) groups excluding carboxylic acids is 8. The maximum Gasteiger partial charge on any atom is 0.411 e. The Bertz CT molecular complexity index is 2870. The van der Waals surface area contributed by atoms with E-state index >= 15 is 0 Å². The van der Waals surface area contributed by atoms with Crippen LogP contribution in [0.1, 0.15) is 152 Å². The summed E-state index contributed by atoms with van der Waals surface area (Å²) < 4.78 is 73.3.